The fourth-order valence-corrected chi connectivity index (χ4v) is 1.01. The van der Waals surface area contributed by atoms with Gasteiger partial charge in [-0.25, -0.2) is 4.79 Å². The number of hydrogen-bond donors (Lipinski definition) is 0. The minimum Gasteiger partial charge on any atom is -0.466 e. The largest absolute Gasteiger partial charge is 0.466 e. The summed E-state index contributed by atoms with van der Waals surface area (Å²) < 4.78 is 4.48. The van der Waals surface area contributed by atoms with Gasteiger partial charge in [-0.15, -0.1) is 0 Å². The second-order valence-corrected chi connectivity index (χ2v) is 2.77. The molecular weight excluding hydrogens is 164 g/mol. The monoisotopic (exact) mass is 176 g/mol. The molecule has 0 saturated carbocycles. The molecule has 1 aromatic rings. The molecular formula is C11H12O2. The van der Waals surface area contributed by atoms with Gasteiger partial charge in [0.2, 0.25) is 0 Å². The van der Waals surface area contributed by atoms with E-state index in [-0.39, 0.29) is 5.97 Å². The van der Waals surface area contributed by atoms with E-state index in [4.69, 9.17) is 0 Å². The van der Waals surface area contributed by atoms with E-state index in [0.717, 1.165) is 5.56 Å². The predicted octanol–water partition coefficient (Wildman–Crippen LogP) is 2.18. The second kappa shape index (κ2) is 4.45. The highest BCUT2D eigenvalue weighted by Gasteiger charge is 1.91. The van der Waals surface area contributed by atoms with Crippen LogP contribution in [0.4, 0.5) is 0 Å². The second-order valence-electron chi connectivity index (χ2n) is 2.77. The lowest BCUT2D eigenvalue weighted by molar-refractivity contribution is -0.134. The minimum atomic E-state index is -0.332. The average Bonchev–Trinajstić information content (AvgIpc) is 2.14. The Kier molecular flexibility index (Phi) is 3.26. The molecule has 13 heavy (non-hydrogen) atoms. The van der Waals surface area contributed by atoms with Gasteiger partial charge in [-0.05, 0) is 18.6 Å². The summed E-state index contributed by atoms with van der Waals surface area (Å²) in [5, 5.41) is 0. The van der Waals surface area contributed by atoms with Gasteiger partial charge < -0.3 is 4.74 Å². The van der Waals surface area contributed by atoms with Gasteiger partial charge in [-0.3, -0.25) is 0 Å². The normalized spacial score (nSPS) is 10.3. The summed E-state index contributed by atoms with van der Waals surface area (Å²) in [7, 11) is 1.36. The Morgan fingerprint density at radius 3 is 2.85 bits per heavy atom. The van der Waals surface area contributed by atoms with Crippen LogP contribution in [-0.2, 0) is 9.53 Å². The van der Waals surface area contributed by atoms with Crippen LogP contribution in [0.1, 0.15) is 11.1 Å². The zero-order valence-electron chi connectivity index (χ0n) is 7.78. The van der Waals surface area contributed by atoms with Gasteiger partial charge in [0, 0.05) is 6.08 Å². The van der Waals surface area contributed by atoms with Crippen molar-refractivity contribution in [1.29, 1.82) is 0 Å². The maximum Gasteiger partial charge on any atom is 0.330 e. The van der Waals surface area contributed by atoms with Crippen LogP contribution >= 0.6 is 0 Å². The molecule has 0 N–H and O–H groups in total. The Bertz CT molecular complexity index is 327. The molecule has 0 unspecified atom stereocenters. The summed E-state index contributed by atoms with van der Waals surface area (Å²) in [4.78, 5) is 10.8. The van der Waals surface area contributed by atoms with Crippen molar-refractivity contribution in [3.63, 3.8) is 0 Å². The third kappa shape index (κ3) is 3.11. The van der Waals surface area contributed by atoms with Crippen LogP contribution in [0.15, 0.2) is 30.3 Å². The summed E-state index contributed by atoms with van der Waals surface area (Å²) in [6.45, 7) is 2.01. The molecule has 2 heteroatoms. The first-order valence-electron chi connectivity index (χ1n) is 4.05. The Morgan fingerprint density at radius 1 is 1.46 bits per heavy atom. The highest BCUT2D eigenvalue weighted by atomic mass is 16.5. The van der Waals surface area contributed by atoms with Crippen molar-refractivity contribution in [2.24, 2.45) is 0 Å². The molecule has 0 aliphatic rings. The molecule has 0 radical (unpaired) electrons. The first-order valence-corrected chi connectivity index (χ1v) is 4.05. The quantitative estimate of drug-likeness (QED) is 0.510. The van der Waals surface area contributed by atoms with Crippen LogP contribution in [0.5, 0.6) is 0 Å². The van der Waals surface area contributed by atoms with Crippen molar-refractivity contribution in [2.45, 2.75) is 6.92 Å². The molecule has 68 valence electrons. The zero-order valence-corrected chi connectivity index (χ0v) is 7.78. The topological polar surface area (TPSA) is 26.3 Å². The molecule has 1 rings (SSSR count). The van der Waals surface area contributed by atoms with Crippen molar-refractivity contribution in [3.05, 3.63) is 41.5 Å². The van der Waals surface area contributed by atoms with E-state index in [1.165, 1.54) is 18.7 Å². The van der Waals surface area contributed by atoms with Crippen LogP contribution in [-0.4, -0.2) is 13.1 Å². The maximum atomic E-state index is 10.8. The number of carbonyl (C=O) groups is 1. The summed E-state index contributed by atoms with van der Waals surface area (Å²) in [5.41, 5.74) is 2.18. The van der Waals surface area contributed by atoms with E-state index < -0.39 is 0 Å². The van der Waals surface area contributed by atoms with Gasteiger partial charge in [0.15, 0.2) is 0 Å². The maximum absolute atomic E-state index is 10.8. The highest BCUT2D eigenvalue weighted by Crippen LogP contribution is 2.05. The van der Waals surface area contributed by atoms with Crippen LogP contribution in [0.3, 0.4) is 0 Å². The third-order valence-corrected chi connectivity index (χ3v) is 1.66. The van der Waals surface area contributed by atoms with E-state index in [1.54, 1.807) is 6.08 Å². The number of esters is 1. The summed E-state index contributed by atoms with van der Waals surface area (Å²) in [5.74, 6) is -0.332. The summed E-state index contributed by atoms with van der Waals surface area (Å²) in [6.07, 6.45) is 3.15. The molecule has 0 aliphatic carbocycles. The zero-order chi connectivity index (χ0) is 9.68. The van der Waals surface area contributed by atoms with E-state index >= 15 is 0 Å². The number of methoxy groups -OCH3 is 1. The molecule has 0 aliphatic heterocycles. The van der Waals surface area contributed by atoms with Gasteiger partial charge in [-0.2, -0.15) is 0 Å². The van der Waals surface area contributed by atoms with Gasteiger partial charge in [0.25, 0.3) is 0 Å². The summed E-state index contributed by atoms with van der Waals surface area (Å²) in [6, 6.07) is 7.90. The molecule has 2 nitrogen and oxygen atoms in total. The van der Waals surface area contributed by atoms with Crippen LogP contribution in [0.2, 0.25) is 0 Å². The molecule has 0 bridgehead atoms. The first-order chi connectivity index (χ1) is 6.22. The van der Waals surface area contributed by atoms with Crippen LogP contribution in [0.25, 0.3) is 6.08 Å². The highest BCUT2D eigenvalue weighted by molar-refractivity contribution is 5.86. The van der Waals surface area contributed by atoms with E-state index in [1.807, 2.05) is 31.2 Å². The molecule has 0 saturated heterocycles. The third-order valence-electron chi connectivity index (χ3n) is 1.66. The molecule has 0 heterocycles. The Labute approximate surface area is 77.8 Å². The minimum absolute atomic E-state index is 0.332. The molecule has 1 aromatic carbocycles. The van der Waals surface area contributed by atoms with Crippen LogP contribution in [0, 0.1) is 6.92 Å². The van der Waals surface area contributed by atoms with E-state index in [9.17, 15) is 4.79 Å². The predicted molar refractivity (Wildman–Crippen MR) is 52.2 cm³/mol. The van der Waals surface area contributed by atoms with Crippen molar-refractivity contribution in [2.75, 3.05) is 7.11 Å². The molecule has 0 fully saturated rings. The van der Waals surface area contributed by atoms with Gasteiger partial charge in [0.1, 0.15) is 0 Å². The average molecular weight is 176 g/mol. The van der Waals surface area contributed by atoms with Gasteiger partial charge >= 0.3 is 5.97 Å². The first kappa shape index (κ1) is 9.52. The van der Waals surface area contributed by atoms with Gasteiger partial charge in [0.05, 0.1) is 7.11 Å². The standard InChI is InChI=1S/C11H12O2/c1-9-4-3-5-10(8-9)6-7-11(12)13-2/h3-8H,1-2H3. The fraction of sp³-hybridized carbons (Fsp3) is 0.182. The smallest absolute Gasteiger partial charge is 0.330 e. The molecule has 0 aromatic heterocycles. The molecule has 0 atom stereocenters. The number of carbonyl (C=O) groups excluding carboxylic acids is 1. The van der Waals surface area contributed by atoms with Crippen molar-refractivity contribution < 1.29 is 9.53 Å². The lowest BCUT2D eigenvalue weighted by atomic mass is 10.1. The number of benzene rings is 1. The fourth-order valence-electron chi connectivity index (χ4n) is 1.01. The van der Waals surface area contributed by atoms with Crippen molar-refractivity contribution >= 4 is 12.0 Å². The van der Waals surface area contributed by atoms with Crippen molar-refractivity contribution in [3.8, 4) is 0 Å². The Balaban J connectivity index is 2.74. The van der Waals surface area contributed by atoms with E-state index in [2.05, 4.69) is 4.74 Å². The number of aryl methyl sites for hydroxylation is 1. The number of ether oxygens (including phenoxy) is 1. The molecule has 0 spiro atoms. The lowest BCUT2D eigenvalue weighted by Gasteiger charge is -1.94. The number of hydrogen-bond acceptors (Lipinski definition) is 2. The lowest BCUT2D eigenvalue weighted by Crippen LogP contribution is -1.93. The van der Waals surface area contributed by atoms with Crippen LogP contribution < -0.4 is 0 Å². The number of rotatable bonds is 2. The molecule has 0 amide bonds. The van der Waals surface area contributed by atoms with E-state index in [0.29, 0.717) is 0 Å². The van der Waals surface area contributed by atoms with Crippen molar-refractivity contribution in [1.82, 2.24) is 0 Å². The summed E-state index contributed by atoms with van der Waals surface area (Å²) >= 11 is 0. The van der Waals surface area contributed by atoms with Gasteiger partial charge in [-0.1, -0.05) is 29.8 Å². The SMILES string of the molecule is COC(=O)C=Cc1cccc(C)c1. The Hall–Kier alpha value is -1.57. The Morgan fingerprint density at radius 2 is 2.23 bits per heavy atom.